The fraction of sp³-hybridized carbons (Fsp3) is 0. The Morgan fingerprint density at radius 1 is 1.30 bits per heavy atom. The Kier molecular flexibility index (Phi) is 1.97. The Labute approximate surface area is 60.6 Å². The van der Waals surface area contributed by atoms with Crippen LogP contribution in [0.4, 0.5) is 0 Å². The fourth-order valence-corrected chi connectivity index (χ4v) is 1.21. The molecule has 0 radical (unpaired) electrons. The predicted molar refractivity (Wildman–Crippen MR) is 38.9 cm³/mol. The molecule has 1 aromatic heterocycles. The molecule has 1 unspecified atom stereocenters. The molecule has 0 saturated heterocycles. The van der Waals surface area contributed by atoms with E-state index in [9.17, 15) is 8.42 Å². The van der Waals surface area contributed by atoms with E-state index in [0.29, 0.717) is 0 Å². The molecule has 1 aromatic rings. The molecule has 4 nitrogen and oxygen atoms in total. The van der Waals surface area contributed by atoms with E-state index >= 15 is 0 Å². The van der Waals surface area contributed by atoms with Crippen molar-refractivity contribution < 1.29 is 8.42 Å². The average molecular weight is 176 g/mol. The van der Waals surface area contributed by atoms with Crippen molar-refractivity contribution in [1.82, 2.24) is 9.97 Å². The van der Waals surface area contributed by atoms with E-state index in [1.54, 1.807) is 8.44 Å². The number of aromatic nitrogens is 2. The van der Waals surface area contributed by atoms with Gasteiger partial charge >= 0.3 is 0 Å². The second-order valence-corrected chi connectivity index (χ2v) is 5.04. The van der Waals surface area contributed by atoms with Crippen LogP contribution in [0.15, 0.2) is 23.6 Å². The second-order valence-electron chi connectivity index (χ2n) is 1.62. The van der Waals surface area contributed by atoms with Crippen molar-refractivity contribution in [1.29, 1.82) is 0 Å². The third-order valence-corrected chi connectivity index (χ3v) is 2.55. The van der Waals surface area contributed by atoms with Crippen LogP contribution in [0.2, 0.25) is 0 Å². The maximum Gasteiger partial charge on any atom is 0.192 e. The predicted octanol–water partition coefficient (Wildman–Crippen LogP) is 0.0404. The minimum Gasteiger partial charge on any atom is -0.243 e. The summed E-state index contributed by atoms with van der Waals surface area (Å²) < 4.78 is 21.4. The summed E-state index contributed by atoms with van der Waals surface area (Å²) in [6, 6.07) is 0. The van der Waals surface area contributed by atoms with Crippen LogP contribution in [-0.4, -0.2) is 18.4 Å². The van der Waals surface area contributed by atoms with Crippen molar-refractivity contribution >= 4 is 17.9 Å². The van der Waals surface area contributed by atoms with Crippen molar-refractivity contribution in [3.05, 3.63) is 18.7 Å². The third kappa shape index (κ3) is 1.72. The molecule has 0 spiro atoms. The molecule has 0 aliphatic carbocycles. The lowest BCUT2D eigenvalue weighted by molar-refractivity contribution is 0.609. The van der Waals surface area contributed by atoms with Gasteiger partial charge in [0.2, 0.25) is 0 Å². The number of nitrogens with zero attached hydrogens (tertiary/aromatic N) is 2. The van der Waals surface area contributed by atoms with Crippen LogP contribution in [0.5, 0.6) is 0 Å². The van der Waals surface area contributed by atoms with Crippen molar-refractivity contribution in [2.45, 2.75) is 4.90 Å². The molecule has 0 aliphatic rings. The monoisotopic (exact) mass is 176 g/mol. The van der Waals surface area contributed by atoms with Gasteiger partial charge in [-0.2, -0.15) is 0 Å². The molecule has 0 fully saturated rings. The zero-order valence-electron chi connectivity index (χ0n) is 4.93. The minimum absolute atomic E-state index is 0.111. The summed E-state index contributed by atoms with van der Waals surface area (Å²) in [6.07, 6.45) is 3.77. The largest absolute Gasteiger partial charge is 0.243 e. The molecule has 0 amide bonds. The van der Waals surface area contributed by atoms with Crippen molar-refractivity contribution in [2.24, 2.45) is 0 Å². The molecule has 10 heavy (non-hydrogen) atoms. The first kappa shape index (κ1) is 7.57. The Morgan fingerprint density at radius 2 is 1.80 bits per heavy atom. The van der Waals surface area contributed by atoms with E-state index in [1.165, 1.54) is 18.7 Å². The molecule has 1 heterocycles. The molecular weight excluding hydrogens is 171 g/mol. The highest BCUT2D eigenvalue weighted by atomic mass is 32.7. The highest BCUT2D eigenvalue weighted by Gasteiger charge is 2.05. The van der Waals surface area contributed by atoms with E-state index in [1.807, 2.05) is 0 Å². The summed E-state index contributed by atoms with van der Waals surface area (Å²) in [5, 5.41) is 0. The van der Waals surface area contributed by atoms with Crippen molar-refractivity contribution in [3.8, 4) is 0 Å². The van der Waals surface area contributed by atoms with Crippen LogP contribution in [0, 0.1) is 0 Å². The molecule has 6 heteroatoms. The first-order valence-electron chi connectivity index (χ1n) is 2.38. The summed E-state index contributed by atoms with van der Waals surface area (Å²) in [5.74, 6) is 0. The molecule has 0 saturated carbocycles. The van der Waals surface area contributed by atoms with Crippen LogP contribution in [0.1, 0.15) is 0 Å². The van der Waals surface area contributed by atoms with Crippen LogP contribution >= 0.6 is 8.44 Å². The van der Waals surface area contributed by atoms with Gasteiger partial charge in [-0.25, -0.2) is 18.4 Å². The Morgan fingerprint density at radius 3 is 2.10 bits per heavy atom. The normalized spacial score (nSPS) is 11.3. The molecule has 1 rings (SSSR count). The third-order valence-electron chi connectivity index (χ3n) is 0.865. The standard InChI is InChI=1S/C4H5N2O2PS/c7-10(8,9)4-1-5-3-6-2-4/h1-3H,9H2. The topological polar surface area (TPSA) is 59.9 Å². The number of rotatable bonds is 1. The number of hydrogen-bond donors (Lipinski definition) is 0. The SMILES string of the molecule is O=S(=O)(P)c1cncnc1. The quantitative estimate of drug-likeness (QED) is 0.567. The van der Waals surface area contributed by atoms with Gasteiger partial charge in [0.25, 0.3) is 0 Å². The summed E-state index contributed by atoms with van der Waals surface area (Å²) in [7, 11) is -1.49. The maximum atomic E-state index is 10.7. The van der Waals surface area contributed by atoms with E-state index in [4.69, 9.17) is 0 Å². The average Bonchev–Trinajstić information content (AvgIpc) is 1.88. The van der Waals surface area contributed by atoms with E-state index in [2.05, 4.69) is 9.97 Å². The lowest BCUT2D eigenvalue weighted by Crippen LogP contribution is -1.90. The van der Waals surface area contributed by atoms with Gasteiger partial charge in [-0.15, -0.1) is 0 Å². The first-order valence-corrected chi connectivity index (χ1v) is 5.34. The summed E-state index contributed by atoms with van der Waals surface area (Å²) in [5.41, 5.74) is 0. The highest BCUT2D eigenvalue weighted by molar-refractivity contribution is 8.37. The molecule has 1 atom stereocenters. The lowest BCUT2D eigenvalue weighted by atomic mass is 10.7. The van der Waals surface area contributed by atoms with Gasteiger partial charge in [-0.05, 0) is 8.44 Å². The highest BCUT2D eigenvalue weighted by Crippen LogP contribution is 2.12. The summed E-state index contributed by atoms with van der Waals surface area (Å²) >= 11 is 0. The van der Waals surface area contributed by atoms with Gasteiger partial charge < -0.3 is 0 Å². The van der Waals surface area contributed by atoms with Gasteiger partial charge in [0.1, 0.15) is 11.2 Å². The summed E-state index contributed by atoms with van der Waals surface area (Å²) in [6.45, 7) is 0. The lowest BCUT2D eigenvalue weighted by Gasteiger charge is -1.91. The minimum atomic E-state index is -3.21. The van der Waals surface area contributed by atoms with Crippen LogP contribution in [0.25, 0.3) is 0 Å². The zero-order chi connectivity index (χ0) is 7.61. The summed E-state index contributed by atoms with van der Waals surface area (Å²) in [4.78, 5) is 7.21. The van der Waals surface area contributed by atoms with E-state index in [-0.39, 0.29) is 4.90 Å². The molecule has 0 bridgehead atoms. The van der Waals surface area contributed by atoms with Gasteiger partial charge in [-0.3, -0.25) is 0 Å². The maximum absolute atomic E-state index is 10.7. The Bertz CT molecular complexity index is 309. The van der Waals surface area contributed by atoms with Crippen LogP contribution in [-0.2, 0) is 9.46 Å². The Hall–Kier alpha value is -0.540. The van der Waals surface area contributed by atoms with Gasteiger partial charge in [-0.1, -0.05) is 0 Å². The second kappa shape index (κ2) is 2.60. The van der Waals surface area contributed by atoms with Crippen LogP contribution in [0.3, 0.4) is 0 Å². The number of hydrogen-bond acceptors (Lipinski definition) is 4. The smallest absolute Gasteiger partial charge is 0.192 e. The van der Waals surface area contributed by atoms with Gasteiger partial charge in [0.05, 0.1) is 0 Å². The van der Waals surface area contributed by atoms with Crippen LogP contribution < -0.4 is 0 Å². The Balaban J connectivity index is 3.22. The van der Waals surface area contributed by atoms with Gasteiger partial charge in [0, 0.05) is 12.4 Å². The van der Waals surface area contributed by atoms with E-state index < -0.39 is 9.46 Å². The van der Waals surface area contributed by atoms with Gasteiger partial charge in [0.15, 0.2) is 9.46 Å². The van der Waals surface area contributed by atoms with Crippen molar-refractivity contribution in [2.75, 3.05) is 0 Å². The zero-order valence-corrected chi connectivity index (χ0v) is 6.90. The fourth-order valence-electron chi connectivity index (χ4n) is 0.432. The first-order chi connectivity index (χ1) is 4.61. The molecule has 0 aliphatic heterocycles. The molecule has 54 valence electrons. The molecule has 0 aromatic carbocycles. The molecule has 0 N–H and O–H groups in total. The van der Waals surface area contributed by atoms with Crippen molar-refractivity contribution in [3.63, 3.8) is 0 Å². The molecular formula is C4H5N2O2PS. The van der Waals surface area contributed by atoms with E-state index in [0.717, 1.165) is 0 Å².